The Balaban J connectivity index is 0.00000312. The maximum atomic E-state index is 11.8. The van der Waals surface area contributed by atoms with Crippen LogP contribution in [0.4, 0.5) is 0 Å². The molecule has 1 atom stereocenters. The number of esters is 1. The van der Waals surface area contributed by atoms with Crippen LogP contribution >= 0.6 is 24.0 Å². The number of carbonyl (C=O) groups is 1. The Kier molecular flexibility index (Phi) is 8.68. The fourth-order valence-electron chi connectivity index (χ4n) is 3.00. The van der Waals surface area contributed by atoms with Crippen molar-refractivity contribution < 1.29 is 9.53 Å². The van der Waals surface area contributed by atoms with E-state index in [0.29, 0.717) is 5.92 Å². The average molecular weight is 459 g/mol. The number of nitrogens with one attached hydrogen (secondary N) is 1. The van der Waals surface area contributed by atoms with Crippen molar-refractivity contribution in [3.63, 3.8) is 0 Å². The number of ether oxygens (including phenoxy) is 1. The zero-order valence-corrected chi connectivity index (χ0v) is 17.9. The number of rotatable bonds is 4. The SMILES string of the molecule is CN=C(NCC(=O)OC(C)(C)C)N1CCC(Cc2ccccc2)C1.I. The van der Waals surface area contributed by atoms with Gasteiger partial charge >= 0.3 is 5.97 Å². The molecule has 2 rings (SSSR count). The minimum absolute atomic E-state index is 0. The highest BCUT2D eigenvalue weighted by Crippen LogP contribution is 2.20. The molecule has 1 N–H and O–H groups in total. The number of nitrogens with zero attached hydrogens (tertiary/aromatic N) is 2. The van der Waals surface area contributed by atoms with Crippen molar-refractivity contribution in [2.75, 3.05) is 26.7 Å². The van der Waals surface area contributed by atoms with E-state index < -0.39 is 5.60 Å². The zero-order valence-electron chi connectivity index (χ0n) is 15.6. The first kappa shape index (κ1) is 21.7. The summed E-state index contributed by atoms with van der Waals surface area (Å²) in [4.78, 5) is 18.4. The first-order chi connectivity index (χ1) is 11.4. The van der Waals surface area contributed by atoms with Crippen molar-refractivity contribution in [3.05, 3.63) is 35.9 Å². The molecule has 1 aliphatic heterocycles. The van der Waals surface area contributed by atoms with Crippen LogP contribution in [0.1, 0.15) is 32.8 Å². The molecule has 1 heterocycles. The van der Waals surface area contributed by atoms with Crippen LogP contribution in [-0.2, 0) is 16.0 Å². The van der Waals surface area contributed by atoms with Crippen molar-refractivity contribution in [2.45, 2.75) is 39.2 Å². The summed E-state index contributed by atoms with van der Waals surface area (Å²) in [6.07, 6.45) is 2.22. The second kappa shape index (κ2) is 9.99. The van der Waals surface area contributed by atoms with Crippen LogP contribution in [0.25, 0.3) is 0 Å². The quantitative estimate of drug-likeness (QED) is 0.326. The van der Waals surface area contributed by atoms with Gasteiger partial charge in [0.15, 0.2) is 5.96 Å². The monoisotopic (exact) mass is 459 g/mol. The van der Waals surface area contributed by atoms with E-state index in [1.54, 1.807) is 7.05 Å². The molecule has 0 bridgehead atoms. The van der Waals surface area contributed by atoms with Gasteiger partial charge in [0.25, 0.3) is 0 Å². The highest BCUT2D eigenvalue weighted by molar-refractivity contribution is 14.0. The fourth-order valence-corrected chi connectivity index (χ4v) is 3.00. The molecular weight excluding hydrogens is 429 g/mol. The molecule has 1 aromatic rings. The summed E-state index contributed by atoms with van der Waals surface area (Å²) >= 11 is 0. The molecule has 0 aromatic heterocycles. The summed E-state index contributed by atoms with van der Waals surface area (Å²) in [5, 5.41) is 3.12. The van der Waals surface area contributed by atoms with Gasteiger partial charge in [-0.1, -0.05) is 30.3 Å². The fraction of sp³-hybridized carbons (Fsp3) is 0.579. The van der Waals surface area contributed by atoms with Gasteiger partial charge < -0.3 is 15.0 Å². The van der Waals surface area contributed by atoms with Crippen LogP contribution in [-0.4, -0.2) is 49.1 Å². The third-order valence-electron chi connectivity index (χ3n) is 3.98. The van der Waals surface area contributed by atoms with Crippen molar-refractivity contribution in [1.29, 1.82) is 0 Å². The van der Waals surface area contributed by atoms with E-state index in [1.807, 2.05) is 26.8 Å². The summed E-state index contributed by atoms with van der Waals surface area (Å²) in [7, 11) is 1.75. The first-order valence-electron chi connectivity index (χ1n) is 8.59. The van der Waals surface area contributed by atoms with Gasteiger partial charge in [-0.3, -0.25) is 9.79 Å². The van der Waals surface area contributed by atoms with Crippen LogP contribution in [0.15, 0.2) is 35.3 Å². The van der Waals surface area contributed by atoms with Crippen LogP contribution in [0, 0.1) is 5.92 Å². The molecule has 0 amide bonds. The van der Waals surface area contributed by atoms with Gasteiger partial charge in [-0.25, -0.2) is 0 Å². The molecule has 1 fully saturated rings. The zero-order chi connectivity index (χ0) is 17.6. The van der Waals surface area contributed by atoms with Gasteiger partial charge in [0.2, 0.25) is 0 Å². The summed E-state index contributed by atoms with van der Waals surface area (Å²) in [6, 6.07) is 10.6. The van der Waals surface area contributed by atoms with Crippen molar-refractivity contribution in [1.82, 2.24) is 10.2 Å². The Morgan fingerprint density at radius 1 is 1.32 bits per heavy atom. The molecule has 25 heavy (non-hydrogen) atoms. The standard InChI is InChI=1S/C19H29N3O2.HI/c1-19(2,3)24-17(23)13-21-18(20-4)22-11-10-16(14-22)12-15-8-6-5-7-9-15;/h5-9,16H,10-14H2,1-4H3,(H,20,21);1H. The lowest BCUT2D eigenvalue weighted by molar-refractivity contribution is -0.153. The van der Waals surface area contributed by atoms with Crippen LogP contribution in [0.2, 0.25) is 0 Å². The number of likely N-dealkylation sites (tertiary alicyclic amines) is 1. The molecule has 1 aliphatic rings. The second-order valence-corrected chi connectivity index (χ2v) is 7.28. The maximum absolute atomic E-state index is 11.8. The number of carbonyl (C=O) groups excluding carboxylic acids is 1. The lowest BCUT2D eigenvalue weighted by Gasteiger charge is -2.23. The van der Waals surface area contributed by atoms with Crippen molar-refractivity contribution in [2.24, 2.45) is 10.9 Å². The van der Waals surface area contributed by atoms with Crippen LogP contribution in [0.3, 0.4) is 0 Å². The number of hydrogen-bond acceptors (Lipinski definition) is 3. The summed E-state index contributed by atoms with van der Waals surface area (Å²) in [5.41, 5.74) is 0.914. The topological polar surface area (TPSA) is 53.9 Å². The van der Waals surface area contributed by atoms with E-state index in [9.17, 15) is 4.79 Å². The second-order valence-electron chi connectivity index (χ2n) is 7.28. The molecule has 0 radical (unpaired) electrons. The van der Waals surface area contributed by atoms with Crippen molar-refractivity contribution in [3.8, 4) is 0 Å². The average Bonchev–Trinajstić information content (AvgIpc) is 2.95. The minimum Gasteiger partial charge on any atom is -0.459 e. The van der Waals surface area contributed by atoms with E-state index in [4.69, 9.17) is 4.74 Å². The number of benzene rings is 1. The van der Waals surface area contributed by atoms with Gasteiger partial charge in [-0.15, -0.1) is 24.0 Å². The van der Waals surface area contributed by atoms with Gasteiger partial charge in [0.1, 0.15) is 12.1 Å². The predicted molar refractivity (Wildman–Crippen MR) is 112 cm³/mol. The Bertz CT molecular complexity index is 570. The third kappa shape index (κ3) is 7.63. The number of hydrogen-bond donors (Lipinski definition) is 1. The lowest BCUT2D eigenvalue weighted by Crippen LogP contribution is -2.43. The summed E-state index contributed by atoms with van der Waals surface area (Å²) in [5.74, 6) is 1.13. The van der Waals surface area contributed by atoms with Gasteiger partial charge in [-0.2, -0.15) is 0 Å². The molecule has 0 aliphatic carbocycles. The van der Waals surface area contributed by atoms with Crippen LogP contribution in [0.5, 0.6) is 0 Å². The Morgan fingerprint density at radius 2 is 2.00 bits per heavy atom. The molecule has 5 nitrogen and oxygen atoms in total. The number of guanidine groups is 1. The van der Waals surface area contributed by atoms with Crippen molar-refractivity contribution >= 4 is 35.9 Å². The predicted octanol–water partition coefficient (Wildman–Crippen LogP) is 3.09. The van der Waals surface area contributed by atoms with E-state index in [2.05, 4.69) is 39.5 Å². The lowest BCUT2D eigenvalue weighted by atomic mass is 9.99. The molecule has 140 valence electrons. The first-order valence-corrected chi connectivity index (χ1v) is 8.59. The Labute approximate surface area is 168 Å². The normalized spacial score (nSPS) is 17.8. The summed E-state index contributed by atoms with van der Waals surface area (Å²) in [6.45, 7) is 7.68. The Morgan fingerprint density at radius 3 is 2.60 bits per heavy atom. The highest BCUT2D eigenvalue weighted by Gasteiger charge is 2.25. The molecule has 0 saturated carbocycles. The molecule has 1 saturated heterocycles. The Hall–Kier alpha value is -1.31. The minimum atomic E-state index is -0.462. The van der Waals surface area contributed by atoms with Gasteiger partial charge in [0.05, 0.1) is 0 Å². The van der Waals surface area contributed by atoms with E-state index >= 15 is 0 Å². The molecule has 6 heteroatoms. The number of aliphatic imine (C=N–C) groups is 1. The largest absolute Gasteiger partial charge is 0.459 e. The summed E-state index contributed by atoms with van der Waals surface area (Å²) < 4.78 is 5.32. The molecule has 1 aromatic carbocycles. The number of halogens is 1. The van der Waals surface area contributed by atoms with Crippen LogP contribution < -0.4 is 5.32 Å². The molecule has 1 unspecified atom stereocenters. The van der Waals surface area contributed by atoms with Gasteiger partial charge in [-0.05, 0) is 45.1 Å². The third-order valence-corrected chi connectivity index (χ3v) is 3.98. The molecular formula is C19H30IN3O2. The van der Waals surface area contributed by atoms with E-state index in [-0.39, 0.29) is 36.5 Å². The maximum Gasteiger partial charge on any atom is 0.325 e. The highest BCUT2D eigenvalue weighted by atomic mass is 127. The van der Waals surface area contributed by atoms with Gasteiger partial charge in [0, 0.05) is 20.1 Å². The molecule has 0 spiro atoms. The van der Waals surface area contributed by atoms with E-state index in [0.717, 1.165) is 31.9 Å². The smallest absolute Gasteiger partial charge is 0.325 e. The van der Waals surface area contributed by atoms with E-state index in [1.165, 1.54) is 5.56 Å².